The molecular weight excluding hydrogens is 293 g/mol. The van der Waals surface area contributed by atoms with Crippen molar-refractivity contribution in [2.45, 2.75) is 6.18 Å². The van der Waals surface area contributed by atoms with Crippen molar-refractivity contribution in [1.29, 1.82) is 5.26 Å². The highest BCUT2D eigenvalue weighted by atomic mass is 19.4. The van der Waals surface area contributed by atoms with Crippen LogP contribution in [0, 0.1) is 23.0 Å². The minimum absolute atomic E-state index is 0.296. The Kier molecular flexibility index (Phi) is 3.80. The predicted molar refractivity (Wildman–Crippen MR) is 62.6 cm³/mol. The van der Waals surface area contributed by atoms with Gasteiger partial charge in [-0.2, -0.15) is 22.8 Å². The Morgan fingerprint density at radius 3 is 2.33 bits per heavy atom. The van der Waals surface area contributed by atoms with Crippen LogP contribution in [0.25, 0.3) is 0 Å². The van der Waals surface area contributed by atoms with Gasteiger partial charge in [0.15, 0.2) is 11.6 Å². The molecule has 0 unspecified atom stereocenters. The average Bonchev–Trinajstić information content (AvgIpc) is 2.43. The number of rotatable bonds is 2. The summed E-state index contributed by atoms with van der Waals surface area (Å²) in [7, 11) is 0. The molecule has 108 valence electrons. The van der Waals surface area contributed by atoms with Crippen LogP contribution in [0.5, 0.6) is 11.5 Å². The standard InChI is InChI=1S/C14H6F5NO/c15-10-2-1-3-12(13(10)16)21-11-5-4-9(14(17,18)19)6-8(11)7-20/h1-6H. The van der Waals surface area contributed by atoms with Gasteiger partial charge in [-0.15, -0.1) is 0 Å². The van der Waals surface area contributed by atoms with Gasteiger partial charge in [0, 0.05) is 0 Å². The molecule has 0 amide bonds. The van der Waals surface area contributed by atoms with E-state index >= 15 is 0 Å². The molecule has 2 aromatic carbocycles. The van der Waals surface area contributed by atoms with Gasteiger partial charge in [-0.1, -0.05) is 6.07 Å². The van der Waals surface area contributed by atoms with Crippen molar-refractivity contribution in [2.75, 3.05) is 0 Å². The molecule has 0 spiro atoms. The van der Waals surface area contributed by atoms with Crippen LogP contribution in [0.4, 0.5) is 22.0 Å². The third-order valence-corrected chi connectivity index (χ3v) is 2.56. The van der Waals surface area contributed by atoms with Crippen LogP contribution in [-0.4, -0.2) is 0 Å². The van der Waals surface area contributed by atoms with Crippen LogP contribution >= 0.6 is 0 Å². The highest BCUT2D eigenvalue weighted by Crippen LogP contribution is 2.34. The number of hydrogen-bond donors (Lipinski definition) is 0. The molecule has 0 aliphatic rings. The minimum Gasteiger partial charge on any atom is -0.453 e. The molecule has 21 heavy (non-hydrogen) atoms. The van der Waals surface area contributed by atoms with Crippen molar-refractivity contribution in [3.8, 4) is 17.6 Å². The first-order chi connectivity index (χ1) is 9.82. The molecule has 0 heterocycles. The van der Waals surface area contributed by atoms with Crippen molar-refractivity contribution < 1.29 is 26.7 Å². The summed E-state index contributed by atoms with van der Waals surface area (Å²) in [5.74, 6) is -3.28. The summed E-state index contributed by atoms with van der Waals surface area (Å²) in [4.78, 5) is 0. The maximum Gasteiger partial charge on any atom is 0.416 e. The molecule has 0 aliphatic heterocycles. The highest BCUT2D eigenvalue weighted by molar-refractivity contribution is 5.48. The predicted octanol–water partition coefficient (Wildman–Crippen LogP) is 4.65. The van der Waals surface area contributed by atoms with E-state index in [1.165, 1.54) is 12.1 Å². The van der Waals surface area contributed by atoms with Gasteiger partial charge in [0.05, 0.1) is 11.1 Å². The van der Waals surface area contributed by atoms with Gasteiger partial charge in [-0.05, 0) is 30.3 Å². The molecule has 0 aromatic heterocycles. The quantitative estimate of drug-likeness (QED) is 0.756. The smallest absolute Gasteiger partial charge is 0.416 e. The molecule has 0 atom stereocenters. The lowest BCUT2D eigenvalue weighted by Crippen LogP contribution is -2.05. The fraction of sp³-hybridized carbons (Fsp3) is 0.0714. The summed E-state index contributed by atoms with van der Waals surface area (Å²) < 4.78 is 69.0. The van der Waals surface area contributed by atoms with Crippen LogP contribution in [0.15, 0.2) is 36.4 Å². The Balaban J connectivity index is 2.42. The number of alkyl halides is 3. The largest absolute Gasteiger partial charge is 0.453 e. The normalized spacial score (nSPS) is 11.0. The number of benzene rings is 2. The second-order valence-corrected chi connectivity index (χ2v) is 3.97. The van der Waals surface area contributed by atoms with Crippen molar-refractivity contribution >= 4 is 0 Å². The van der Waals surface area contributed by atoms with E-state index in [1.807, 2.05) is 0 Å². The maximum atomic E-state index is 13.4. The topological polar surface area (TPSA) is 33.0 Å². The minimum atomic E-state index is -4.62. The fourth-order valence-electron chi connectivity index (χ4n) is 1.56. The van der Waals surface area contributed by atoms with E-state index in [4.69, 9.17) is 10.00 Å². The van der Waals surface area contributed by atoms with E-state index in [9.17, 15) is 22.0 Å². The Bertz CT molecular complexity index is 718. The Hall–Kier alpha value is -2.62. The molecule has 0 saturated heterocycles. The first kappa shape index (κ1) is 14.8. The Morgan fingerprint density at radius 1 is 1.00 bits per heavy atom. The lowest BCUT2D eigenvalue weighted by molar-refractivity contribution is -0.137. The molecule has 0 radical (unpaired) electrons. The van der Waals surface area contributed by atoms with Crippen LogP contribution < -0.4 is 4.74 Å². The first-order valence-electron chi connectivity index (χ1n) is 5.56. The molecule has 7 heteroatoms. The zero-order valence-corrected chi connectivity index (χ0v) is 10.2. The van der Waals surface area contributed by atoms with Crippen LogP contribution in [-0.2, 0) is 6.18 Å². The van der Waals surface area contributed by atoms with Crippen LogP contribution in [0.2, 0.25) is 0 Å². The monoisotopic (exact) mass is 299 g/mol. The summed E-state index contributed by atoms with van der Waals surface area (Å²) >= 11 is 0. The van der Waals surface area contributed by atoms with Crippen LogP contribution in [0.3, 0.4) is 0 Å². The molecule has 0 fully saturated rings. The van der Waals surface area contributed by atoms with E-state index in [1.54, 1.807) is 0 Å². The van der Waals surface area contributed by atoms with Crippen molar-refractivity contribution in [2.24, 2.45) is 0 Å². The SMILES string of the molecule is N#Cc1cc(C(F)(F)F)ccc1Oc1cccc(F)c1F. The third-order valence-electron chi connectivity index (χ3n) is 2.56. The molecule has 0 bridgehead atoms. The molecular formula is C14H6F5NO. The van der Waals surface area contributed by atoms with E-state index in [0.717, 1.165) is 18.2 Å². The van der Waals surface area contributed by atoms with Gasteiger partial charge >= 0.3 is 6.18 Å². The summed E-state index contributed by atoms with van der Waals surface area (Å²) in [6, 6.07) is 6.79. The number of nitriles is 1. The van der Waals surface area contributed by atoms with Gasteiger partial charge in [-0.3, -0.25) is 0 Å². The second-order valence-electron chi connectivity index (χ2n) is 3.97. The van der Waals surface area contributed by atoms with E-state index in [2.05, 4.69) is 0 Å². The number of ether oxygens (including phenoxy) is 1. The van der Waals surface area contributed by atoms with Gasteiger partial charge < -0.3 is 4.74 Å². The van der Waals surface area contributed by atoms with Crippen molar-refractivity contribution in [3.05, 3.63) is 59.2 Å². The second kappa shape index (κ2) is 5.40. The maximum absolute atomic E-state index is 13.4. The first-order valence-corrected chi connectivity index (χ1v) is 5.56. The molecule has 2 aromatic rings. The zero-order valence-electron chi connectivity index (χ0n) is 10.2. The number of hydrogen-bond acceptors (Lipinski definition) is 2. The van der Waals surface area contributed by atoms with Gasteiger partial charge in [0.1, 0.15) is 11.8 Å². The summed E-state index contributed by atoms with van der Waals surface area (Å²) in [5, 5.41) is 8.85. The van der Waals surface area contributed by atoms with Gasteiger partial charge in [-0.25, -0.2) is 4.39 Å². The number of halogens is 5. The van der Waals surface area contributed by atoms with E-state index in [0.29, 0.717) is 12.1 Å². The van der Waals surface area contributed by atoms with E-state index < -0.39 is 34.7 Å². The molecule has 0 aliphatic carbocycles. The van der Waals surface area contributed by atoms with Crippen LogP contribution in [0.1, 0.15) is 11.1 Å². The van der Waals surface area contributed by atoms with Crippen molar-refractivity contribution in [3.63, 3.8) is 0 Å². The lowest BCUT2D eigenvalue weighted by atomic mass is 10.1. The molecule has 0 saturated carbocycles. The molecule has 0 N–H and O–H groups in total. The Labute approximate surface area is 116 Å². The average molecular weight is 299 g/mol. The fourth-order valence-corrected chi connectivity index (χ4v) is 1.56. The lowest BCUT2D eigenvalue weighted by Gasteiger charge is -2.11. The highest BCUT2D eigenvalue weighted by Gasteiger charge is 2.31. The van der Waals surface area contributed by atoms with Gasteiger partial charge in [0.2, 0.25) is 5.82 Å². The third kappa shape index (κ3) is 3.11. The van der Waals surface area contributed by atoms with Gasteiger partial charge in [0.25, 0.3) is 0 Å². The Morgan fingerprint density at radius 2 is 1.71 bits per heavy atom. The zero-order chi connectivity index (χ0) is 15.6. The molecule has 2 rings (SSSR count). The number of nitrogens with zero attached hydrogens (tertiary/aromatic N) is 1. The van der Waals surface area contributed by atoms with Crippen molar-refractivity contribution in [1.82, 2.24) is 0 Å². The summed E-state index contributed by atoms with van der Waals surface area (Å²) in [6.07, 6.45) is -4.62. The van der Waals surface area contributed by atoms with E-state index in [-0.39, 0.29) is 5.75 Å². The summed E-state index contributed by atoms with van der Waals surface area (Å²) in [5.41, 5.74) is -1.47. The summed E-state index contributed by atoms with van der Waals surface area (Å²) in [6.45, 7) is 0. The molecule has 2 nitrogen and oxygen atoms in total.